The molecule has 0 aromatic carbocycles. The van der Waals surface area contributed by atoms with Crippen LogP contribution >= 0.6 is 0 Å². The van der Waals surface area contributed by atoms with E-state index in [4.69, 9.17) is 0 Å². The molecule has 1 atom stereocenters. The molecule has 0 unspecified atom stereocenters. The summed E-state index contributed by atoms with van der Waals surface area (Å²) < 4.78 is 0. The molecule has 162 valence electrons. The summed E-state index contributed by atoms with van der Waals surface area (Å²) in [6.07, 6.45) is 11.3. The Morgan fingerprint density at radius 1 is 0.724 bits per heavy atom. The van der Waals surface area contributed by atoms with Crippen molar-refractivity contribution in [2.45, 2.75) is 70.6 Å². The highest BCUT2D eigenvalue weighted by Crippen LogP contribution is 2.29. The zero-order chi connectivity index (χ0) is 20.2. The zero-order valence-electron chi connectivity index (χ0n) is 17.8. The molecule has 0 N–H and O–H groups in total. The van der Waals surface area contributed by atoms with Crippen LogP contribution < -0.4 is 0 Å². The number of carbonyl (C=O) groups excluding carboxylic acids is 3. The van der Waals surface area contributed by atoms with E-state index in [2.05, 4.69) is 0 Å². The first-order valence-corrected chi connectivity index (χ1v) is 12.0. The van der Waals surface area contributed by atoms with Gasteiger partial charge in [0.05, 0.1) is 5.92 Å². The molecule has 0 spiro atoms. The van der Waals surface area contributed by atoms with Crippen molar-refractivity contribution in [2.75, 3.05) is 39.3 Å². The lowest BCUT2D eigenvalue weighted by atomic mass is 9.87. The molecule has 1 aliphatic carbocycles. The molecule has 0 aromatic rings. The normalized spacial score (nSPS) is 27.5. The van der Waals surface area contributed by atoms with Crippen LogP contribution in [0.3, 0.4) is 0 Å². The van der Waals surface area contributed by atoms with Crippen LogP contribution in [0.4, 0.5) is 0 Å². The molecule has 3 aliphatic heterocycles. The van der Waals surface area contributed by atoms with Crippen molar-refractivity contribution < 1.29 is 14.4 Å². The van der Waals surface area contributed by atoms with Gasteiger partial charge in [-0.05, 0) is 50.9 Å². The fraction of sp³-hybridized carbons (Fsp3) is 0.870. The third-order valence-electron chi connectivity index (χ3n) is 7.63. The molecule has 4 aliphatic rings. The predicted molar refractivity (Wildman–Crippen MR) is 111 cm³/mol. The van der Waals surface area contributed by atoms with Crippen LogP contribution in [0.2, 0.25) is 0 Å². The summed E-state index contributed by atoms with van der Waals surface area (Å²) in [5.41, 5.74) is 0. The largest absolute Gasteiger partial charge is 0.342 e. The Labute approximate surface area is 175 Å². The van der Waals surface area contributed by atoms with Gasteiger partial charge in [0.25, 0.3) is 0 Å². The van der Waals surface area contributed by atoms with Crippen molar-refractivity contribution in [1.82, 2.24) is 14.7 Å². The van der Waals surface area contributed by atoms with Crippen LogP contribution in [-0.4, -0.2) is 71.7 Å². The molecule has 0 radical (unpaired) electrons. The first-order chi connectivity index (χ1) is 14.1. The summed E-state index contributed by atoms with van der Waals surface area (Å²) in [6, 6.07) is 0. The highest BCUT2D eigenvalue weighted by atomic mass is 16.2. The lowest BCUT2D eigenvalue weighted by Crippen LogP contribution is -2.50. The van der Waals surface area contributed by atoms with Crippen LogP contribution in [0.15, 0.2) is 0 Å². The standard InChI is InChI=1S/C23H37N3O3/c27-21-9-8-20(17-26(21)16-18-6-2-1-3-7-18)23(29)25-14-10-19(11-15-25)22(28)24-12-4-5-13-24/h18-20H,1-17H2/t20-/m0/s1. The van der Waals surface area contributed by atoms with E-state index in [1.807, 2.05) is 14.7 Å². The molecule has 4 fully saturated rings. The number of rotatable bonds is 4. The third-order valence-corrected chi connectivity index (χ3v) is 7.63. The number of nitrogens with zero attached hydrogens (tertiary/aromatic N) is 3. The molecule has 29 heavy (non-hydrogen) atoms. The smallest absolute Gasteiger partial charge is 0.227 e. The van der Waals surface area contributed by atoms with Crippen molar-refractivity contribution in [1.29, 1.82) is 0 Å². The number of carbonyl (C=O) groups is 3. The molecule has 0 bridgehead atoms. The zero-order valence-corrected chi connectivity index (χ0v) is 17.8. The van der Waals surface area contributed by atoms with Crippen molar-refractivity contribution in [2.24, 2.45) is 17.8 Å². The Morgan fingerprint density at radius 2 is 1.34 bits per heavy atom. The van der Waals surface area contributed by atoms with Gasteiger partial charge in [-0.1, -0.05) is 19.3 Å². The van der Waals surface area contributed by atoms with Gasteiger partial charge >= 0.3 is 0 Å². The minimum atomic E-state index is -0.0536. The van der Waals surface area contributed by atoms with Crippen molar-refractivity contribution in [3.8, 4) is 0 Å². The second kappa shape index (κ2) is 9.48. The SMILES string of the molecule is O=C1CC[C@H](C(=O)N2CCC(C(=O)N3CCCC3)CC2)CN1CC1CCCCC1. The molecular weight excluding hydrogens is 366 g/mol. The van der Waals surface area contributed by atoms with Gasteiger partial charge in [-0.2, -0.15) is 0 Å². The summed E-state index contributed by atoms with van der Waals surface area (Å²) in [6.45, 7) is 4.64. The maximum absolute atomic E-state index is 13.1. The quantitative estimate of drug-likeness (QED) is 0.725. The summed E-state index contributed by atoms with van der Waals surface area (Å²) in [5.74, 6) is 1.40. The van der Waals surface area contributed by atoms with Gasteiger partial charge in [-0.3, -0.25) is 14.4 Å². The molecular formula is C23H37N3O3. The average Bonchev–Trinajstić information content (AvgIpc) is 3.30. The van der Waals surface area contributed by atoms with E-state index < -0.39 is 0 Å². The minimum Gasteiger partial charge on any atom is -0.342 e. The average molecular weight is 404 g/mol. The van der Waals surface area contributed by atoms with E-state index >= 15 is 0 Å². The molecule has 6 heteroatoms. The fourth-order valence-corrected chi connectivity index (χ4v) is 5.78. The number of hydrogen-bond donors (Lipinski definition) is 0. The second-order valence-electron chi connectivity index (χ2n) is 9.67. The third kappa shape index (κ3) is 4.95. The van der Waals surface area contributed by atoms with Gasteiger partial charge in [-0.25, -0.2) is 0 Å². The number of piperidine rings is 2. The predicted octanol–water partition coefficient (Wildman–Crippen LogP) is 2.67. The van der Waals surface area contributed by atoms with E-state index in [0.717, 1.165) is 45.3 Å². The van der Waals surface area contributed by atoms with Crippen LogP contribution in [0.1, 0.15) is 70.6 Å². The molecule has 0 aromatic heterocycles. The lowest BCUT2D eigenvalue weighted by Gasteiger charge is -2.39. The first-order valence-electron chi connectivity index (χ1n) is 12.0. The van der Waals surface area contributed by atoms with Gasteiger partial charge in [-0.15, -0.1) is 0 Å². The second-order valence-corrected chi connectivity index (χ2v) is 9.67. The summed E-state index contributed by atoms with van der Waals surface area (Å²) >= 11 is 0. The summed E-state index contributed by atoms with van der Waals surface area (Å²) in [5, 5.41) is 0. The Morgan fingerprint density at radius 3 is 2.03 bits per heavy atom. The van der Waals surface area contributed by atoms with Crippen molar-refractivity contribution in [3.63, 3.8) is 0 Å². The maximum Gasteiger partial charge on any atom is 0.227 e. The molecule has 3 heterocycles. The molecule has 3 amide bonds. The Hall–Kier alpha value is -1.59. The van der Waals surface area contributed by atoms with Crippen molar-refractivity contribution >= 4 is 17.7 Å². The number of amides is 3. The van der Waals surface area contributed by atoms with Gasteiger partial charge in [0.1, 0.15) is 0 Å². The summed E-state index contributed by atoms with van der Waals surface area (Å²) in [7, 11) is 0. The maximum atomic E-state index is 13.1. The Bertz CT molecular complexity index is 602. The van der Waals surface area contributed by atoms with E-state index in [0.29, 0.717) is 44.3 Å². The lowest BCUT2D eigenvalue weighted by molar-refractivity contribution is -0.146. The monoisotopic (exact) mass is 403 g/mol. The van der Waals surface area contributed by atoms with E-state index in [-0.39, 0.29) is 23.7 Å². The van der Waals surface area contributed by atoms with Gasteiger partial charge in [0.15, 0.2) is 0 Å². The minimum absolute atomic E-state index is 0.0536. The van der Waals surface area contributed by atoms with Gasteiger partial charge in [0.2, 0.25) is 17.7 Å². The number of hydrogen-bond acceptors (Lipinski definition) is 3. The van der Waals surface area contributed by atoms with Crippen LogP contribution in [0.25, 0.3) is 0 Å². The van der Waals surface area contributed by atoms with Crippen LogP contribution in [-0.2, 0) is 14.4 Å². The van der Waals surface area contributed by atoms with E-state index in [9.17, 15) is 14.4 Å². The van der Waals surface area contributed by atoms with Crippen LogP contribution in [0, 0.1) is 17.8 Å². The van der Waals surface area contributed by atoms with Gasteiger partial charge < -0.3 is 14.7 Å². The highest BCUT2D eigenvalue weighted by Gasteiger charge is 2.36. The first kappa shape index (κ1) is 20.7. The molecule has 1 saturated carbocycles. The Kier molecular flexibility index (Phi) is 6.76. The highest BCUT2D eigenvalue weighted by molar-refractivity contribution is 5.84. The topological polar surface area (TPSA) is 60.9 Å². The molecule has 6 nitrogen and oxygen atoms in total. The molecule has 3 saturated heterocycles. The number of likely N-dealkylation sites (tertiary alicyclic amines) is 3. The van der Waals surface area contributed by atoms with E-state index in [1.54, 1.807) is 0 Å². The van der Waals surface area contributed by atoms with E-state index in [1.165, 1.54) is 32.1 Å². The Balaban J connectivity index is 1.26. The van der Waals surface area contributed by atoms with Gasteiger partial charge in [0, 0.05) is 51.6 Å². The fourth-order valence-electron chi connectivity index (χ4n) is 5.78. The van der Waals surface area contributed by atoms with Crippen molar-refractivity contribution in [3.05, 3.63) is 0 Å². The summed E-state index contributed by atoms with van der Waals surface area (Å²) in [4.78, 5) is 44.1. The molecule has 4 rings (SSSR count). The van der Waals surface area contributed by atoms with Crippen LogP contribution in [0.5, 0.6) is 0 Å².